The molecule has 8 fully saturated rings. The lowest BCUT2D eigenvalue weighted by Crippen LogP contribution is -2.71. The van der Waals surface area contributed by atoms with Crippen LogP contribution in [-0.2, 0) is 0 Å². The van der Waals surface area contributed by atoms with Crippen LogP contribution in [0.2, 0.25) is 0 Å². The third-order valence-electron chi connectivity index (χ3n) is 9.41. The largest absolute Gasteiger partial charge is 0.0654 e. The molecular weight excluding hydrogens is 240 g/mol. The van der Waals surface area contributed by atoms with Crippen LogP contribution in [0.5, 0.6) is 0 Å². The zero-order chi connectivity index (χ0) is 13.1. The summed E-state index contributed by atoms with van der Waals surface area (Å²) in [4.78, 5) is 0. The molecule has 0 saturated heterocycles. The van der Waals surface area contributed by atoms with E-state index >= 15 is 0 Å². The molecule has 0 aromatic carbocycles. The molecule has 1 spiro atoms. The lowest BCUT2D eigenvalue weighted by atomic mass is 9.27. The predicted octanol–water partition coefficient (Wildman–Crippen LogP) is 5.13. The average Bonchev–Trinajstić information content (AvgIpc) is 2.40. The van der Waals surface area contributed by atoms with Crippen molar-refractivity contribution in [1.29, 1.82) is 0 Å². The molecule has 0 nitrogen and oxygen atoms in total. The van der Waals surface area contributed by atoms with Crippen LogP contribution in [-0.4, -0.2) is 0 Å². The van der Waals surface area contributed by atoms with Crippen molar-refractivity contribution in [2.75, 3.05) is 0 Å². The van der Waals surface area contributed by atoms with Crippen LogP contribution in [0, 0.1) is 58.7 Å². The fourth-order valence-electron chi connectivity index (χ4n) is 9.99. The molecule has 0 aromatic heterocycles. The summed E-state index contributed by atoms with van der Waals surface area (Å²) >= 11 is 0. The van der Waals surface area contributed by atoms with E-state index < -0.39 is 0 Å². The maximum Gasteiger partial charge on any atom is -0.0225 e. The highest BCUT2D eigenvalue weighted by molar-refractivity contribution is 5.21. The Hall–Kier alpha value is 0. The Balaban J connectivity index is 1.53. The van der Waals surface area contributed by atoms with Gasteiger partial charge in [0.15, 0.2) is 0 Å². The van der Waals surface area contributed by atoms with Crippen molar-refractivity contribution in [1.82, 2.24) is 0 Å². The number of hydrogen-bond acceptors (Lipinski definition) is 0. The summed E-state index contributed by atoms with van der Waals surface area (Å²) in [7, 11) is 0. The summed E-state index contributed by atoms with van der Waals surface area (Å²) in [5.74, 6) is 10.7. The van der Waals surface area contributed by atoms with Crippen molar-refractivity contribution in [3.05, 3.63) is 0 Å². The van der Waals surface area contributed by atoms with Crippen LogP contribution in [0.25, 0.3) is 0 Å². The van der Waals surface area contributed by atoms with Gasteiger partial charge in [-0.2, -0.15) is 0 Å². The van der Waals surface area contributed by atoms with E-state index in [1.54, 1.807) is 51.4 Å². The van der Waals surface area contributed by atoms with Crippen LogP contribution in [0.3, 0.4) is 0 Å². The summed E-state index contributed by atoms with van der Waals surface area (Å²) in [6, 6.07) is 0. The zero-order valence-electron chi connectivity index (χ0n) is 13.1. The first kappa shape index (κ1) is 11.6. The lowest BCUT2D eigenvalue weighted by molar-refractivity contribution is -0.296. The van der Waals surface area contributed by atoms with Gasteiger partial charge >= 0.3 is 0 Å². The van der Waals surface area contributed by atoms with Gasteiger partial charge < -0.3 is 0 Å². The SMILES string of the molecule is CCCC1C2CC3CC1C1C4CC5CC(C4)C2C1(C5)C3. The molecule has 6 unspecified atom stereocenters. The van der Waals surface area contributed by atoms with Gasteiger partial charge in [-0.25, -0.2) is 0 Å². The van der Waals surface area contributed by atoms with Crippen LogP contribution >= 0.6 is 0 Å². The number of rotatable bonds is 2. The average molecular weight is 270 g/mol. The van der Waals surface area contributed by atoms with Gasteiger partial charge in [0.2, 0.25) is 0 Å². The monoisotopic (exact) mass is 270 g/mol. The lowest BCUT2D eigenvalue weighted by Gasteiger charge is -2.78. The van der Waals surface area contributed by atoms with E-state index in [0.29, 0.717) is 0 Å². The van der Waals surface area contributed by atoms with E-state index in [1.165, 1.54) is 59.7 Å². The molecule has 0 aromatic rings. The number of hydrogen-bond donors (Lipinski definition) is 0. The van der Waals surface area contributed by atoms with Crippen molar-refractivity contribution >= 4 is 0 Å². The van der Waals surface area contributed by atoms with Gasteiger partial charge in [-0.3, -0.25) is 0 Å². The Morgan fingerprint density at radius 3 is 2.00 bits per heavy atom. The van der Waals surface area contributed by atoms with Crippen molar-refractivity contribution in [3.63, 3.8) is 0 Å². The molecule has 8 aliphatic rings. The van der Waals surface area contributed by atoms with Gasteiger partial charge in [0.1, 0.15) is 0 Å². The van der Waals surface area contributed by atoms with Crippen molar-refractivity contribution < 1.29 is 0 Å². The molecule has 6 atom stereocenters. The van der Waals surface area contributed by atoms with Crippen molar-refractivity contribution in [2.45, 2.75) is 64.7 Å². The molecule has 0 radical (unpaired) electrons. The summed E-state index contributed by atoms with van der Waals surface area (Å²) in [5.41, 5.74) is 0.912. The van der Waals surface area contributed by atoms with E-state index in [0.717, 1.165) is 5.41 Å². The van der Waals surface area contributed by atoms with Crippen LogP contribution < -0.4 is 0 Å². The first-order chi connectivity index (χ1) is 9.80. The van der Waals surface area contributed by atoms with E-state index in [4.69, 9.17) is 0 Å². The molecule has 0 heterocycles. The normalized spacial score (nSPS) is 68.0. The van der Waals surface area contributed by atoms with E-state index in [-0.39, 0.29) is 0 Å². The van der Waals surface area contributed by atoms with Crippen molar-refractivity contribution in [2.24, 2.45) is 58.7 Å². The highest BCUT2D eigenvalue weighted by Crippen LogP contribution is 2.80. The fourth-order valence-corrected chi connectivity index (χ4v) is 9.99. The Morgan fingerprint density at radius 1 is 0.800 bits per heavy atom. The summed E-state index contributed by atoms with van der Waals surface area (Å²) in [6.07, 6.45) is 14.7. The molecule has 8 rings (SSSR count). The smallest absolute Gasteiger partial charge is 0.0225 e. The Labute approximate surface area is 124 Å². The zero-order valence-corrected chi connectivity index (χ0v) is 13.1. The fraction of sp³-hybridized carbons (Fsp3) is 1.00. The third-order valence-corrected chi connectivity index (χ3v) is 9.41. The Morgan fingerprint density at radius 2 is 1.40 bits per heavy atom. The van der Waals surface area contributed by atoms with Gasteiger partial charge in [-0.05, 0) is 104 Å². The third kappa shape index (κ3) is 1.09. The van der Waals surface area contributed by atoms with Gasteiger partial charge in [-0.15, -0.1) is 0 Å². The molecule has 8 saturated carbocycles. The molecule has 0 N–H and O–H groups in total. The molecule has 9 bridgehead atoms. The summed E-state index contributed by atoms with van der Waals surface area (Å²) in [6.45, 7) is 2.44. The highest BCUT2D eigenvalue weighted by atomic mass is 14.8. The molecular formula is C20H30. The minimum absolute atomic E-state index is 0.912. The molecule has 20 heavy (non-hydrogen) atoms. The van der Waals surface area contributed by atoms with Gasteiger partial charge in [0.25, 0.3) is 0 Å². The Bertz CT molecular complexity index is 417. The summed E-state index contributed by atoms with van der Waals surface area (Å²) < 4.78 is 0. The van der Waals surface area contributed by atoms with Crippen molar-refractivity contribution in [3.8, 4) is 0 Å². The minimum Gasteiger partial charge on any atom is -0.0654 e. The maximum atomic E-state index is 2.44. The topological polar surface area (TPSA) is 0 Å². The first-order valence-electron chi connectivity index (χ1n) is 9.80. The standard InChI is InChI=1S/C20H30/c1-2-3-15-16-6-12-7-17(15)19-14-5-11-4-13(8-14)18(16)20(19,9-11)10-12/h11-19H,2-10H2,1H3. The predicted molar refractivity (Wildman–Crippen MR) is 81.1 cm³/mol. The molecule has 0 aliphatic heterocycles. The molecule has 0 amide bonds. The van der Waals surface area contributed by atoms with Crippen LogP contribution in [0.15, 0.2) is 0 Å². The van der Waals surface area contributed by atoms with Crippen LogP contribution in [0.4, 0.5) is 0 Å². The highest BCUT2D eigenvalue weighted by Gasteiger charge is 2.73. The van der Waals surface area contributed by atoms with Gasteiger partial charge in [-0.1, -0.05) is 19.8 Å². The quantitative estimate of drug-likeness (QED) is 0.652. The molecule has 8 aliphatic carbocycles. The summed E-state index contributed by atoms with van der Waals surface area (Å²) in [5, 5.41) is 0. The maximum absolute atomic E-state index is 2.44. The van der Waals surface area contributed by atoms with Crippen LogP contribution in [0.1, 0.15) is 64.7 Å². The second kappa shape index (κ2) is 3.49. The Kier molecular flexibility index (Phi) is 2.02. The molecule has 110 valence electrons. The van der Waals surface area contributed by atoms with E-state index in [2.05, 4.69) is 6.92 Å². The second-order valence-corrected chi connectivity index (χ2v) is 9.90. The van der Waals surface area contributed by atoms with E-state index in [1.807, 2.05) is 0 Å². The second-order valence-electron chi connectivity index (χ2n) is 9.90. The van der Waals surface area contributed by atoms with Gasteiger partial charge in [0, 0.05) is 0 Å². The molecule has 0 heteroatoms. The van der Waals surface area contributed by atoms with E-state index in [9.17, 15) is 0 Å². The first-order valence-corrected chi connectivity index (χ1v) is 9.80. The minimum atomic E-state index is 0.912. The van der Waals surface area contributed by atoms with Gasteiger partial charge in [0.05, 0.1) is 0 Å².